The molecule has 0 aromatic heterocycles. The number of ether oxygens (including phenoxy) is 2. The van der Waals surface area contributed by atoms with Gasteiger partial charge in [0.05, 0.1) is 12.2 Å². The van der Waals surface area contributed by atoms with E-state index in [0.29, 0.717) is 27.6 Å². The molecule has 1 amide bonds. The van der Waals surface area contributed by atoms with E-state index in [9.17, 15) is 14.9 Å². The van der Waals surface area contributed by atoms with Crippen molar-refractivity contribution in [1.29, 1.82) is 5.26 Å². The number of carbonyl (C=O) groups excluding carboxylic acids is 2. The Bertz CT molecular complexity index is 1520. The lowest BCUT2D eigenvalue weighted by Crippen LogP contribution is -2.14. The maximum Gasteiger partial charge on any atom is 0.338 e. The van der Waals surface area contributed by atoms with Crippen LogP contribution >= 0.6 is 11.6 Å². The highest BCUT2D eigenvalue weighted by atomic mass is 35.5. The van der Waals surface area contributed by atoms with Crippen molar-refractivity contribution < 1.29 is 19.1 Å². The SMILES string of the molecule is CCOC(=O)c1ccc(NC(=O)/C(C#N)=C/c2c(OCc3cccc(Cl)c3)ccc3ccccc23)cc1. The summed E-state index contributed by atoms with van der Waals surface area (Å²) < 4.78 is 11.1. The first kappa shape index (κ1) is 25.5. The van der Waals surface area contributed by atoms with Crippen LogP contribution in [-0.4, -0.2) is 18.5 Å². The molecule has 184 valence electrons. The van der Waals surface area contributed by atoms with E-state index in [1.165, 1.54) is 6.08 Å². The highest BCUT2D eigenvalue weighted by molar-refractivity contribution is 6.30. The summed E-state index contributed by atoms with van der Waals surface area (Å²) >= 11 is 6.09. The molecule has 4 aromatic rings. The van der Waals surface area contributed by atoms with E-state index in [1.807, 2.05) is 60.7 Å². The van der Waals surface area contributed by atoms with Gasteiger partial charge in [-0.25, -0.2) is 4.79 Å². The zero-order chi connectivity index (χ0) is 26.2. The highest BCUT2D eigenvalue weighted by Crippen LogP contribution is 2.31. The number of hydrogen-bond donors (Lipinski definition) is 1. The van der Waals surface area contributed by atoms with Crippen LogP contribution in [0.4, 0.5) is 5.69 Å². The lowest BCUT2D eigenvalue weighted by Gasteiger charge is -2.13. The maximum absolute atomic E-state index is 13.0. The molecule has 37 heavy (non-hydrogen) atoms. The van der Waals surface area contributed by atoms with Gasteiger partial charge < -0.3 is 14.8 Å². The summed E-state index contributed by atoms with van der Waals surface area (Å²) in [6.07, 6.45) is 1.53. The summed E-state index contributed by atoms with van der Waals surface area (Å²) in [5, 5.41) is 14.9. The predicted molar refractivity (Wildman–Crippen MR) is 144 cm³/mol. The third kappa shape index (κ3) is 6.35. The van der Waals surface area contributed by atoms with Crippen LogP contribution in [0.1, 0.15) is 28.4 Å². The summed E-state index contributed by atoms with van der Waals surface area (Å²) in [5.74, 6) is -0.502. The van der Waals surface area contributed by atoms with Crippen molar-refractivity contribution in [2.75, 3.05) is 11.9 Å². The number of carbonyl (C=O) groups is 2. The summed E-state index contributed by atoms with van der Waals surface area (Å²) in [6, 6.07) is 27.0. The maximum atomic E-state index is 13.0. The Morgan fingerprint density at radius 2 is 1.78 bits per heavy atom. The molecule has 4 rings (SSSR count). The first-order chi connectivity index (χ1) is 18.0. The van der Waals surface area contributed by atoms with Crippen molar-refractivity contribution in [2.45, 2.75) is 13.5 Å². The van der Waals surface area contributed by atoms with Crippen LogP contribution in [0.25, 0.3) is 16.8 Å². The molecule has 6 nitrogen and oxygen atoms in total. The molecular formula is C30H23ClN2O4. The largest absolute Gasteiger partial charge is 0.488 e. The van der Waals surface area contributed by atoms with E-state index in [2.05, 4.69) is 5.32 Å². The fourth-order valence-corrected chi connectivity index (χ4v) is 3.95. The Morgan fingerprint density at radius 1 is 1.00 bits per heavy atom. The number of nitriles is 1. The third-order valence-corrected chi connectivity index (χ3v) is 5.76. The van der Waals surface area contributed by atoms with Crippen molar-refractivity contribution in [2.24, 2.45) is 0 Å². The van der Waals surface area contributed by atoms with Crippen LogP contribution in [-0.2, 0) is 16.1 Å². The number of benzene rings is 4. The second-order valence-corrected chi connectivity index (χ2v) is 8.48. The topological polar surface area (TPSA) is 88.4 Å². The van der Waals surface area contributed by atoms with E-state index >= 15 is 0 Å². The molecule has 0 fully saturated rings. The van der Waals surface area contributed by atoms with E-state index < -0.39 is 11.9 Å². The zero-order valence-corrected chi connectivity index (χ0v) is 20.8. The number of hydrogen-bond acceptors (Lipinski definition) is 5. The number of halogens is 1. The lowest BCUT2D eigenvalue weighted by molar-refractivity contribution is -0.112. The van der Waals surface area contributed by atoms with Gasteiger partial charge in [0.2, 0.25) is 0 Å². The standard InChI is InChI=1S/C30H23ClN2O4/c1-2-36-30(35)22-10-13-25(14-11-22)33-29(34)23(18-32)17-27-26-9-4-3-7-21(26)12-15-28(27)37-19-20-6-5-8-24(31)16-20/h3-17H,2,19H2,1H3,(H,33,34)/b23-17+. The molecule has 0 aliphatic heterocycles. The fourth-order valence-electron chi connectivity index (χ4n) is 3.73. The molecule has 0 saturated heterocycles. The average molecular weight is 511 g/mol. The summed E-state index contributed by atoms with van der Waals surface area (Å²) in [7, 11) is 0. The smallest absolute Gasteiger partial charge is 0.338 e. The minimum Gasteiger partial charge on any atom is -0.488 e. The normalized spacial score (nSPS) is 11.0. The second-order valence-electron chi connectivity index (χ2n) is 8.04. The molecule has 1 N–H and O–H groups in total. The van der Waals surface area contributed by atoms with E-state index in [-0.39, 0.29) is 18.8 Å². The molecule has 0 atom stereocenters. The lowest BCUT2D eigenvalue weighted by atomic mass is 10.0. The highest BCUT2D eigenvalue weighted by Gasteiger charge is 2.15. The molecule has 0 radical (unpaired) electrons. The number of anilines is 1. The fraction of sp³-hybridized carbons (Fsp3) is 0.100. The van der Waals surface area contributed by atoms with Gasteiger partial charge >= 0.3 is 5.97 Å². The van der Waals surface area contributed by atoms with Crippen LogP contribution in [0.2, 0.25) is 5.02 Å². The molecule has 0 aliphatic carbocycles. The van der Waals surface area contributed by atoms with Gasteiger partial charge in [0.15, 0.2) is 0 Å². The van der Waals surface area contributed by atoms with E-state index in [0.717, 1.165) is 16.3 Å². The van der Waals surface area contributed by atoms with E-state index in [1.54, 1.807) is 37.3 Å². The van der Waals surface area contributed by atoms with Crippen molar-refractivity contribution in [3.8, 4) is 11.8 Å². The molecule has 7 heteroatoms. The molecule has 0 heterocycles. The molecule has 0 aliphatic rings. The number of rotatable bonds is 8. The minimum atomic E-state index is -0.583. The Kier molecular flexibility index (Phi) is 8.19. The molecule has 0 saturated carbocycles. The number of esters is 1. The Hall–Kier alpha value is -4.60. The van der Waals surface area contributed by atoms with Crippen molar-refractivity contribution in [3.05, 3.63) is 112 Å². The minimum absolute atomic E-state index is 0.0987. The van der Waals surface area contributed by atoms with E-state index in [4.69, 9.17) is 21.1 Å². The first-order valence-electron chi connectivity index (χ1n) is 11.6. The Labute approximate surface area is 219 Å². The number of fused-ring (bicyclic) bond motifs is 1. The van der Waals surface area contributed by atoms with Gasteiger partial charge in [-0.05, 0) is 71.8 Å². The summed E-state index contributed by atoms with van der Waals surface area (Å²) in [4.78, 5) is 24.8. The second kappa shape index (κ2) is 11.9. The van der Waals surface area contributed by atoms with Gasteiger partial charge in [-0.2, -0.15) is 5.26 Å². The van der Waals surface area contributed by atoms with Gasteiger partial charge in [-0.15, -0.1) is 0 Å². The number of amides is 1. The molecular weight excluding hydrogens is 488 g/mol. The van der Waals surface area contributed by atoms with Gasteiger partial charge in [-0.3, -0.25) is 4.79 Å². The van der Waals surface area contributed by atoms with Crippen molar-refractivity contribution in [1.82, 2.24) is 0 Å². The van der Waals surface area contributed by atoms with Crippen LogP contribution in [0.5, 0.6) is 5.75 Å². The van der Waals surface area contributed by atoms with Crippen molar-refractivity contribution >= 4 is 46.0 Å². The van der Waals surface area contributed by atoms with Gasteiger partial charge in [-0.1, -0.05) is 54.1 Å². The molecule has 0 bridgehead atoms. The van der Waals surface area contributed by atoms with Crippen LogP contribution in [0.3, 0.4) is 0 Å². The molecule has 0 unspecified atom stereocenters. The summed E-state index contributed by atoms with van der Waals surface area (Å²) in [6.45, 7) is 2.26. The zero-order valence-electron chi connectivity index (χ0n) is 20.0. The Balaban J connectivity index is 1.62. The van der Waals surface area contributed by atoms with Gasteiger partial charge in [0.25, 0.3) is 5.91 Å². The molecule has 4 aromatic carbocycles. The van der Waals surface area contributed by atoms with Gasteiger partial charge in [0, 0.05) is 16.3 Å². The monoisotopic (exact) mass is 510 g/mol. The molecule has 0 spiro atoms. The number of nitrogens with one attached hydrogen (secondary N) is 1. The van der Waals surface area contributed by atoms with Crippen LogP contribution in [0.15, 0.2) is 90.5 Å². The quantitative estimate of drug-likeness (QED) is 0.160. The summed E-state index contributed by atoms with van der Waals surface area (Å²) in [5.41, 5.74) is 2.21. The predicted octanol–water partition coefficient (Wildman–Crippen LogP) is 6.79. The van der Waals surface area contributed by atoms with Crippen LogP contribution in [0, 0.1) is 11.3 Å². The number of nitrogens with zero attached hydrogens (tertiary/aromatic N) is 1. The first-order valence-corrected chi connectivity index (χ1v) is 12.0. The third-order valence-electron chi connectivity index (χ3n) is 5.52. The van der Waals surface area contributed by atoms with Crippen molar-refractivity contribution in [3.63, 3.8) is 0 Å². The van der Waals surface area contributed by atoms with Crippen LogP contribution < -0.4 is 10.1 Å². The average Bonchev–Trinajstić information content (AvgIpc) is 2.91. The Morgan fingerprint density at radius 3 is 2.51 bits per heavy atom. The van der Waals surface area contributed by atoms with Gasteiger partial charge in [0.1, 0.15) is 24.0 Å².